The SMILES string of the molecule is CC/C=C\C/C=C\C/C=C\C/C=C\C/C=C\CCCCCC(=O)O[C@H](COC(=O)CCCCCCCCCCCCCCC)COP(=O)(O)OC[C@H](O)COP(=O)(O)OC[C@@H](COC(=O)CCCCCCCCCCCCCCCCC)OC(=O)CCCCCCCCCCCCCCCCC. The number of hydrogen-bond acceptors (Lipinski definition) is 15. The van der Waals surface area contributed by atoms with Crippen molar-refractivity contribution in [3.63, 3.8) is 0 Å². The van der Waals surface area contributed by atoms with Crippen molar-refractivity contribution in [3.8, 4) is 0 Å². The Morgan fingerprint density at radius 3 is 0.784 bits per heavy atom. The second-order valence-corrected chi connectivity index (χ2v) is 31.0. The Labute approximate surface area is 622 Å². The quantitative estimate of drug-likeness (QED) is 0.0169. The lowest BCUT2D eigenvalue weighted by Gasteiger charge is -2.21. The van der Waals surface area contributed by atoms with Gasteiger partial charge in [-0.05, 0) is 70.6 Å². The number of carbonyl (C=O) groups excluding carboxylic acids is 4. The van der Waals surface area contributed by atoms with Crippen LogP contribution in [0, 0.1) is 0 Å². The molecule has 0 spiro atoms. The second-order valence-electron chi connectivity index (χ2n) is 28.1. The summed E-state index contributed by atoms with van der Waals surface area (Å²) in [7, 11) is -9.95. The van der Waals surface area contributed by atoms with Crippen LogP contribution >= 0.6 is 15.6 Å². The van der Waals surface area contributed by atoms with Gasteiger partial charge in [0.1, 0.15) is 19.3 Å². The maximum Gasteiger partial charge on any atom is 0.472 e. The molecule has 0 saturated carbocycles. The summed E-state index contributed by atoms with van der Waals surface area (Å²) in [6, 6.07) is 0. The Bertz CT molecular complexity index is 2170. The fourth-order valence-electron chi connectivity index (χ4n) is 11.7. The summed E-state index contributed by atoms with van der Waals surface area (Å²) < 4.78 is 68.7. The number of unbranched alkanes of at least 4 members (excludes halogenated alkanes) is 43. The highest BCUT2D eigenvalue weighted by molar-refractivity contribution is 7.47. The topological polar surface area (TPSA) is 237 Å². The first-order valence-electron chi connectivity index (χ1n) is 41.5. The molecule has 19 heteroatoms. The third kappa shape index (κ3) is 75.0. The predicted molar refractivity (Wildman–Crippen MR) is 418 cm³/mol. The van der Waals surface area contributed by atoms with E-state index in [2.05, 4.69) is 88.5 Å². The minimum absolute atomic E-state index is 0.0609. The maximum atomic E-state index is 13.1. The van der Waals surface area contributed by atoms with Crippen LogP contribution in [-0.2, 0) is 65.4 Å². The zero-order valence-electron chi connectivity index (χ0n) is 65.3. The lowest BCUT2D eigenvalue weighted by atomic mass is 10.0. The molecule has 3 N–H and O–H groups in total. The molecule has 596 valence electrons. The lowest BCUT2D eigenvalue weighted by molar-refractivity contribution is -0.161. The molecular weight excluding hydrogens is 1330 g/mol. The van der Waals surface area contributed by atoms with E-state index in [9.17, 15) is 43.2 Å². The summed E-state index contributed by atoms with van der Waals surface area (Å²) in [6.45, 7) is 4.83. The molecule has 0 aromatic rings. The van der Waals surface area contributed by atoms with Crippen molar-refractivity contribution in [2.24, 2.45) is 0 Å². The highest BCUT2D eigenvalue weighted by Crippen LogP contribution is 2.45. The van der Waals surface area contributed by atoms with E-state index in [1.54, 1.807) is 0 Å². The molecule has 0 aromatic carbocycles. The standard InChI is InChI=1S/C83H152O17P2/c1-5-9-13-17-21-25-29-33-36-37-38-39-42-46-50-54-58-62-66-70-83(88)100-78(73-93-80(85)67-63-59-55-51-47-43-32-28-24-20-16-12-8-4)75-97-101(89,90)95-71-77(84)72-96-102(91,92)98-76-79(99-82(87)69-65-61-57-53-49-45-41-35-31-27-23-19-15-11-7-3)74-94-81(86)68-64-60-56-52-48-44-40-34-30-26-22-18-14-10-6-2/h9,13,21,25,33,36,38-39,46,50,77-79,84H,5-8,10-12,14-20,22-24,26-32,34-35,37,40-45,47-49,51-76H2,1-4H3,(H,89,90)(H,91,92)/b13-9-,25-21-,36-33-,39-38-,50-46-/t77-,78+,79+/m0/s1. The van der Waals surface area contributed by atoms with Gasteiger partial charge in [0.2, 0.25) is 0 Å². The van der Waals surface area contributed by atoms with Gasteiger partial charge in [0.25, 0.3) is 0 Å². The normalized spacial score (nSPS) is 14.1. The van der Waals surface area contributed by atoms with Gasteiger partial charge in [0, 0.05) is 25.7 Å². The summed E-state index contributed by atoms with van der Waals surface area (Å²) in [5.74, 6) is -2.17. The number of aliphatic hydroxyl groups is 1. The van der Waals surface area contributed by atoms with Crippen molar-refractivity contribution < 1.29 is 80.2 Å². The van der Waals surface area contributed by atoms with E-state index in [-0.39, 0.29) is 25.7 Å². The third-order valence-corrected chi connectivity index (χ3v) is 19.9. The van der Waals surface area contributed by atoms with Gasteiger partial charge in [-0.2, -0.15) is 0 Å². The summed E-state index contributed by atoms with van der Waals surface area (Å²) in [5, 5.41) is 10.6. The van der Waals surface area contributed by atoms with Gasteiger partial charge in [-0.1, -0.05) is 352 Å². The van der Waals surface area contributed by atoms with Gasteiger partial charge in [-0.25, -0.2) is 9.13 Å². The molecule has 0 aliphatic heterocycles. The molecule has 0 aliphatic rings. The van der Waals surface area contributed by atoms with Crippen molar-refractivity contribution in [1.82, 2.24) is 0 Å². The molecule has 0 saturated heterocycles. The van der Waals surface area contributed by atoms with Crippen LogP contribution in [-0.4, -0.2) is 96.7 Å². The largest absolute Gasteiger partial charge is 0.472 e. The Balaban J connectivity index is 5.34. The highest BCUT2D eigenvalue weighted by Gasteiger charge is 2.30. The van der Waals surface area contributed by atoms with Crippen LogP contribution in [0.15, 0.2) is 60.8 Å². The van der Waals surface area contributed by atoms with Crippen LogP contribution in [0.3, 0.4) is 0 Å². The van der Waals surface area contributed by atoms with Gasteiger partial charge in [-0.15, -0.1) is 0 Å². The Morgan fingerprint density at radius 2 is 0.510 bits per heavy atom. The lowest BCUT2D eigenvalue weighted by Crippen LogP contribution is -2.30. The molecule has 0 radical (unpaired) electrons. The molecule has 2 unspecified atom stereocenters. The monoisotopic (exact) mass is 1480 g/mol. The first kappa shape index (κ1) is 98.8. The van der Waals surface area contributed by atoms with Gasteiger partial charge in [0.05, 0.1) is 26.4 Å². The van der Waals surface area contributed by atoms with E-state index in [0.717, 1.165) is 116 Å². The van der Waals surface area contributed by atoms with Gasteiger partial charge < -0.3 is 33.8 Å². The molecule has 102 heavy (non-hydrogen) atoms. The number of rotatable bonds is 79. The van der Waals surface area contributed by atoms with Crippen LogP contribution in [0.5, 0.6) is 0 Å². The fraction of sp³-hybridized carbons (Fsp3) is 0.831. The first-order chi connectivity index (χ1) is 49.7. The number of ether oxygens (including phenoxy) is 4. The number of carbonyl (C=O) groups is 4. The number of esters is 4. The molecule has 0 aliphatic carbocycles. The summed E-state index contributed by atoms with van der Waals surface area (Å²) in [6.07, 6.45) is 76.1. The van der Waals surface area contributed by atoms with E-state index in [0.29, 0.717) is 25.7 Å². The van der Waals surface area contributed by atoms with Crippen molar-refractivity contribution >= 4 is 39.5 Å². The van der Waals surface area contributed by atoms with E-state index < -0.39 is 97.5 Å². The van der Waals surface area contributed by atoms with Crippen LogP contribution in [0.1, 0.15) is 387 Å². The zero-order valence-corrected chi connectivity index (χ0v) is 67.1. The van der Waals surface area contributed by atoms with Gasteiger partial charge >= 0.3 is 39.5 Å². The van der Waals surface area contributed by atoms with E-state index in [1.807, 2.05) is 0 Å². The highest BCUT2D eigenvalue weighted by atomic mass is 31.2. The molecule has 5 atom stereocenters. The number of hydrogen-bond donors (Lipinski definition) is 3. The number of phosphoric acid groups is 2. The zero-order chi connectivity index (χ0) is 74.6. The van der Waals surface area contributed by atoms with E-state index in [4.69, 9.17) is 37.0 Å². The Hall–Kier alpha value is -3.24. The van der Waals surface area contributed by atoms with E-state index in [1.165, 1.54) is 193 Å². The molecule has 17 nitrogen and oxygen atoms in total. The third-order valence-electron chi connectivity index (χ3n) is 18.0. The molecule has 0 aromatic heterocycles. The van der Waals surface area contributed by atoms with Crippen molar-refractivity contribution in [1.29, 1.82) is 0 Å². The molecular formula is C83H152O17P2. The summed E-state index contributed by atoms with van der Waals surface area (Å²) in [5.41, 5.74) is 0. The minimum Gasteiger partial charge on any atom is -0.462 e. The van der Waals surface area contributed by atoms with Crippen LogP contribution in [0.2, 0.25) is 0 Å². The maximum absolute atomic E-state index is 13.1. The number of aliphatic hydroxyl groups excluding tert-OH is 1. The Kier molecular flexibility index (Phi) is 73.6. The molecule has 0 rings (SSSR count). The fourth-order valence-corrected chi connectivity index (χ4v) is 13.3. The average molecular weight is 1480 g/mol. The molecule has 0 heterocycles. The minimum atomic E-state index is -4.98. The first-order valence-corrected chi connectivity index (χ1v) is 44.5. The average Bonchev–Trinajstić information content (AvgIpc) is 0.924. The smallest absolute Gasteiger partial charge is 0.462 e. The summed E-state index contributed by atoms with van der Waals surface area (Å²) in [4.78, 5) is 73.1. The Morgan fingerprint density at radius 1 is 0.284 bits per heavy atom. The van der Waals surface area contributed by atoms with Gasteiger partial charge in [0.15, 0.2) is 12.2 Å². The molecule has 0 amide bonds. The van der Waals surface area contributed by atoms with Crippen LogP contribution in [0.25, 0.3) is 0 Å². The molecule has 0 fully saturated rings. The van der Waals surface area contributed by atoms with Crippen molar-refractivity contribution in [2.45, 2.75) is 406 Å². The van der Waals surface area contributed by atoms with Crippen molar-refractivity contribution in [3.05, 3.63) is 60.8 Å². The van der Waals surface area contributed by atoms with Crippen LogP contribution < -0.4 is 0 Å². The second kappa shape index (κ2) is 76.0. The number of phosphoric ester groups is 2. The van der Waals surface area contributed by atoms with Crippen molar-refractivity contribution in [2.75, 3.05) is 39.6 Å². The molecule has 0 bridgehead atoms. The van der Waals surface area contributed by atoms with Crippen LogP contribution in [0.4, 0.5) is 0 Å². The summed E-state index contributed by atoms with van der Waals surface area (Å²) >= 11 is 0. The predicted octanol–water partition coefficient (Wildman–Crippen LogP) is 24.2. The van der Waals surface area contributed by atoms with E-state index >= 15 is 0 Å². The van der Waals surface area contributed by atoms with Gasteiger partial charge in [-0.3, -0.25) is 37.3 Å². The number of allylic oxidation sites excluding steroid dienone is 10.